The third-order valence-electron chi connectivity index (χ3n) is 3.21. The number of amides is 1. The maximum absolute atomic E-state index is 12.9. The highest BCUT2D eigenvalue weighted by atomic mass is 19.4. The number of hydrogen-bond acceptors (Lipinski definition) is 5. The first-order valence-corrected chi connectivity index (χ1v) is 7.46. The van der Waals surface area contributed by atoms with Crippen LogP contribution in [-0.2, 0) is 10.9 Å². The van der Waals surface area contributed by atoms with Crippen LogP contribution in [0.25, 0.3) is 0 Å². The summed E-state index contributed by atoms with van der Waals surface area (Å²) in [6.07, 6.45) is -3.79. The minimum absolute atomic E-state index is 0.0839. The van der Waals surface area contributed by atoms with Gasteiger partial charge in [-0.05, 0) is 30.7 Å². The van der Waals surface area contributed by atoms with E-state index in [4.69, 9.17) is 4.74 Å². The second-order valence-electron chi connectivity index (χ2n) is 5.07. The van der Waals surface area contributed by atoms with E-state index >= 15 is 0 Å². The van der Waals surface area contributed by atoms with Gasteiger partial charge >= 0.3 is 6.18 Å². The van der Waals surface area contributed by atoms with Crippen LogP contribution in [0, 0.1) is 0 Å². The van der Waals surface area contributed by atoms with Crippen LogP contribution in [0.5, 0.6) is 0 Å². The van der Waals surface area contributed by atoms with E-state index in [1.54, 1.807) is 7.11 Å². The zero-order valence-corrected chi connectivity index (χ0v) is 13.4. The zero-order valence-electron chi connectivity index (χ0n) is 13.4. The highest BCUT2D eigenvalue weighted by molar-refractivity contribution is 6.03. The van der Waals surface area contributed by atoms with E-state index in [1.807, 2.05) is 0 Å². The van der Waals surface area contributed by atoms with Crippen molar-refractivity contribution in [2.45, 2.75) is 12.6 Å². The lowest BCUT2D eigenvalue weighted by molar-refractivity contribution is -0.136. The minimum Gasteiger partial charge on any atom is -0.385 e. The number of nitrogens with one attached hydrogen (secondary N) is 2. The van der Waals surface area contributed by atoms with Crippen molar-refractivity contribution in [3.63, 3.8) is 0 Å². The highest BCUT2D eigenvalue weighted by Crippen LogP contribution is 2.34. The molecular weight excluding hydrogens is 337 g/mol. The second-order valence-corrected chi connectivity index (χ2v) is 5.07. The summed E-state index contributed by atoms with van der Waals surface area (Å²) in [4.78, 5) is 12.1. The molecular formula is C16H17F3N4O2. The molecule has 1 amide bonds. The molecule has 9 heteroatoms. The normalized spacial score (nSPS) is 11.2. The van der Waals surface area contributed by atoms with Crippen molar-refractivity contribution in [2.24, 2.45) is 0 Å². The van der Waals surface area contributed by atoms with Gasteiger partial charge in [0.15, 0.2) is 5.69 Å². The zero-order chi connectivity index (χ0) is 18.3. The minimum atomic E-state index is -4.56. The van der Waals surface area contributed by atoms with Gasteiger partial charge in [-0.1, -0.05) is 12.1 Å². The fourth-order valence-electron chi connectivity index (χ4n) is 2.01. The van der Waals surface area contributed by atoms with Crippen LogP contribution in [0.2, 0.25) is 0 Å². The van der Waals surface area contributed by atoms with Gasteiger partial charge in [0.05, 0.1) is 11.3 Å². The smallest absolute Gasteiger partial charge is 0.385 e. The first kappa shape index (κ1) is 18.7. The van der Waals surface area contributed by atoms with E-state index in [9.17, 15) is 18.0 Å². The summed E-state index contributed by atoms with van der Waals surface area (Å²) in [5.41, 5.74) is -1.34. The van der Waals surface area contributed by atoms with Gasteiger partial charge < -0.3 is 15.4 Å². The lowest BCUT2D eigenvalue weighted by Gasteiger charge is -2.13. The summed E-state index contributed by atoms with van der Waals surface area (Å²) >= 11 is 0. The Morgan fingerprint density at radius 3 is 2.56 bits per heavy atom. The Morgan fingerprint density at radius 1 is 1.16 bits per heavy atom. The molecule has 2 rings (SSSR count). The number of rotatable bonds is 7. The molecule has 1 aromatic carbocycles. The van der Waals surface area contributed by atoms with Crippen molar-refractivity contribution in [3.05, 3.63) is 47.7 Å². The van der Waals surface area contributed by atoms with Crippen LogP contribution in [0.15, 0.2) is 36.4 Å². The Kier molecular flexibility index (Phi) is 6.29. The summed E-state index contributed by atoms with van der Waals surface area (Å²) in [6, 6.07) is 7.65. The van der Waals surface area contributed by atoms with E-state index < -0.39 is 17.6 Å². The van der Waals surface area contributed by atoms with E-state index in [-0.39, 0.29) is 11.4 Å². The number of ether oxygens (including phenoxy) is 1. The fraction of sp³-hybridized carbons (Fsp3) is 0.312. The molecule has 1 aromatic heterocycles. The number of alkyl halides is 3. The Morgan fingerprint density at radius 2 is 1.92 bits per heavy atom. The first-order valence-electron chi connectivity index (χ1n) is 7.46. The number of halogens is 3. The monoisotopic (exact) mass is 354 g/mol. The molecule has 134 valence electrons. The first-order chi connectivity index (χ1) is 11.9. The lowest BCUT2D eigenvalue weighted by atomic mass is 10.1. The van der Waals surface area contributed by atoms with E-state index in [0.717, 1.165) is 12.5 Å². The van der Waals surface area contributed by atoms with Crippen LogP contribution in [0.3, 0.4) is 0 Å². The molecule has 0 saturated heterocycles. The predicted molar refractivity (Wildman–Crippen MR) is 86.4 cm³/mol. The quantitative estimate of drug-likeness (QED) is 0.747. The lowest BCUT2D eigenvalue weighted by Crippen LogP contribution is -2.18. The van der Waals surface area contributed by atoms with Crippen molar-refractivity contribution in [3.8, 4) is 0 Å². The summed E-state index contributed by atoms with van der Waals surface area (Å²) in [6.45, 7) is 1.21. The molecule has 0 bridgehead atoms. The molecule has 2 aromatic rings. The van der Waals surface area contributed by atoms with Crippen molar-refractivity contribution >= 4 is 17.4 Å². The number of benzene rings is 1. The Hall–Kier alpha value is -2.68. The predicted octanol–water partition coefficient (Wildman–Crippen LogP) is 3.20. The van der Waals surface area contributed by atoms with Crippen LogP contribution >= 0.6 is 0 Å². The number of para-hydroxylation sites is 1. The number of aromatic nitrogens is 2. The van der Waals surface area contributed by atoms with Crippen LogP contribution < -0.4 is 10.6 Å². The third-order valence-corrected chi connectivity index (χ3v) is 3.21. The number of anilines is 2. The molecule has 0 aliphatic rings. The molecule has 0 radical (unpaired) electrons. The van der Waals surface area contributed by atoms with Gasteiger partial charge in [-0.2, -0.15) is 13.2 Å². The molecule has 0 saturated carbocycles. The summed E-state index contributed by atoms with van der Waals surface area (Å²) in [5.74, 6) is -0.307. The third kappa shape index (κ3) is 5.42. The highest BCUT2D eigenvalue weighted by Gasteiger charge is 2.33. The van der Waals surface area contributed by atoms with Crippen molar-refractivity contribution < 1.29 is 22.7 Å². The molecule has 2 N–H and O–H groups in total. The Bertz CT molecular complexity index is 705. The molecule has 0 unspecified atom stereocenters. The summed E-state index contributed by atoms with van der Waals surface area (Å²) < 4.78 is 43.7. The largest absolute Gasteiger partial charge is 0.418 e. The molecule has 0 fully saturated rings. The van der Waals surface area contributed by atoms with E-state index in [2.05, 4.69) is 20.8 Å². The molecule has 25 heavy (non-hydrogen) atoms. The average molecular weight is 354 g/mol. The number of hydrogen-bond donors (Lipinski definition) is 2. The molecule has 0 spiro atoms. The van der Waals surface area contributed by atoms with Crippen molar-refractivity contribution in [1.82, 2.24) is 10.2 Å². The summed E-state index contributed by atoms with van der Waals surface area (Å²) in [5, 5.41) is 12.8. The van der Waals surface area contributed by atoms with Gasteiger partial charge in [0, 0.05) is 20.3 Å². The number of methoxy groups -OCH3 is 1. The van der Waals surface area contributed by atoms with Crippen LogP contribution in [0.4, 0.5) is 24.7 Å². The van der Waals surface area contributed by atoms with Gasteiger partial charge in [-0.15, -0.1) is 10.2 Å². The van der Waals surface area contributed by atoms with Crippen molar-refractivity contribution in [1.29, 1.82) is 0 Å². The van der Waals surface area contributed by atoms with E-state index in [0.29, 0.717) is 19.0 Å². The number of nitrogens with zero attached hydrogens (tertiary/aromatic N) is 2. The molecule has 1 heterocycles. The van der Waals surface area contributed by atoms with Crippen LogP contribution in [-0.4, -0.2) is 36.4 Å². The average Bonchev–Trinajstić information content (AvgIpc) is 2.59. The standard InChI is InChI=1S/C16H17F3N4O2/c1-25-10-4-9-20-14-8-7-13(22-23-14)15(24)21-12-6-3-2-5-11(12)16(17,18)19/h2-3,5-8H,4,9-10H2,1H3,(H,20,23)(H,21,24). The molecule has 6 nitrogen and oxygen atoms in total. The van der Waals surface area contributed by atoms with Gasteiger partial charge in [0.2, 0.25) is 0 Å². The van der Waals surface area contributed by atoms with E-state index in [1.165, 1.54) is 30.3 Å². The SMILES string of the molecule is COCCCNc1ccc(C(=O)Nc2ccccc2C(F)(F)F)nn1. The number of carbonyl (C=O) groups excluding carboxylic acids is 1. The van der Waals surface area contributed by atoms with Gasteiger partial charge in [0.25, 0.3) is 5.91 Å². The number of carbonyl (C=O) groups is 1. The van der Waals surface area contributed by atoms with Crippen molar-refractivity contribution in [2.75, 3.05) is 30.9 Å². The fourth-order valence-corrected chi connectivity index (χ4v) is 2.01. The maximum atomic E-state index is 12.9. The van der Waals surface area contributed by atoms with Gasteiger partial charge in [0.1, 0.15) is 5.82 Å². The Labute approximate surface area is 142 Å². The molecule has 0 atom stereocenters. The maximum Gasteiger partial charge on any atom is 0.418 e. The topological polar surface area (TPSA) is 76.1 Å². The van der Waals surface area contributed by atoms with Gasteiger partial charge in [-0.25, -0.2) is 0 Å². The summed E-state index contributed by atoms with van der Waals surface area (Å²) in [7, 11) is 1.60. The second kappa shape index (κ2) is 8.43. The van der Waals surface area contributed by atoms with Gasteiger partial charge in [-0.3, -0.25) is 4.79 Å². The molecule has 0 aliphatic carbocycles. The Balaban J connectivity index is 2.02. The molecule has 0 aliphatic heterocycles. The van der Waals surface area contributed by atoms with Crippen LogP contribution in [0.1, 0.15) is 22.5 Å².